The first kappa shape index (κ1) is 10.6. The van der Waals surface area contributed by atoms with E-state index < -0.39 is 5.97 Å². The van der Waals surface area contributed by atoms with E-state index in [0.717, 1.165) is 0 Å². The van der Waals surface area contributed by atoms with Gasteiger partial charge in [-0.3, -0.25) is 4.79 Å². The van der Waals surface area contributed by atoms with Crippen molar-refractivity contribution in [2.45, 2.75) is 12.8 Å². The molecule has 0 bridgehead atoms. The van der Waals surface area contributed by atoms with Gasteiger partial charge in [-0.05, 0) is 0 Å². The monoisotopic (exact) mass is 200 g/mol. The normalized spacial score (nSPS) is 10.1. The first-order chi connectivity index (χ1) is 6.76. The zero-order valence-electron chi connectivity index (χ0n) is 8.15. The van der Waals surface area contributed by atoms with E-state index in [4.69, 9.17) is 9.26 Å². The predicted molar refractivity (Wildman–Crippen MR) is 45.6 cm³/mol. The fourth-order valence-corrected chi connectivity index (χ4v) is 0.852. The van der Waals surface area contributed by atoms with Crippen LogP contribution in [0.25, 0.3) is 0 Å². The summed E-state index contributed by atoms with van der Waals surface area (Å²) in [5, 5.41) is 3.67. The van der Waals surface area contributed by atoms with Gasteiger partial charge in [0.15, 0.2) is 5.82 Å². The molecule has 0 saturated carbocycles. The Balaban J connectivity index is 2.46. The molecule has 0 aliphatic heterocycles. The fraction of sp³-hybridized carbons (Fsp3) is 0.625. The Morgan fingerprint density at radius 3 is 2.93 bits per heavy atom. The van der Waals surface area contributed by atoms with Crippen molar-refractivity contribution in [3.63, 3.8) is 0 Å². The summed E-state index contributed by atoms with van der Waals surface area (Å²) in [5.74, 6) is 0.403. The van der Waals surface area contributed by atoms with Crippen LogP contribution in [0, 0.1) is 0 Å². The van der Waals surface area contributed by atoms with Gasteiger partial charge < -0.3 is 14.0 Å². The molecule has 0 saturated heterocycles. The lowest BCUT2D eigenvalue weighted by atomic mass is 10.4. The number of hydrogen-bond acceptors (Lipinski definition) is 6. The van der Waals surface area contributed by atoms with Crippen molar-refractivity contribution in [3.05, 3.63) is 11.7 Å². The largest absolute Gasteiger partial charge is 0.469 e. The van der Waals surface area contributed by atoms with E-state index >= 15 is 0 Å². The predicted octanol–water partition coefficient (Wildman–Crippen LogP) is -0.0260. The Bertz CT molecular complexity index is 297. The second-order valence-corrected chi connectivity index (χ2v) is 2.60. The summed E-state index contributed by atoms with van der Waals surface area (Å²) in [6.07, 6.45) is 0.581. The summed E-state index contributed by atoms with van der Waals surface area (Å²) in [6.45, 7) is 0.525. The molecule has 78 valence electrons. The number of nitrogens with zero attached hydrogens (tertiary/aromatic N) is 2. The minimum Gasteiger partial charge on any atom is -0.469 e. The van der Waals surface area contributed by atoms with Crippen LogP contribution in [0.3, 0.4) is 0 Å². The second-order valence-electron chi connectivity index (χ2n) is 2.60. The molecule has 0 unspecified atom stereocenters. The highest BCUT2D eigenvalue weighted by atomic mass is 16.5. The van der Waals surface area contributed by atoms with Crippen molar-refractivity contribution >= 4 is 5.97 Å². The second kappa shape index (κ2) is 5.33. The average Bonchev–Trinajstić information content (AvgIpc) is 2.62. The third-order valence-electron chi connectivity index (χ3n) is 1.56. The standard InChI is InChI=1S/C8H12N2O4/c1-12-4-3-6-9-7(14-10-6)5-8(11)13-2/h3-5H2,1-2H3. The van der Waals surface area contributed by atoms with Crippen LogP contribution in [0.2, 0.25) is 0 Å². The Hall–Kier alpha value is -1.43. The van der Waals surface area contributed by atoms with Crippen molar-refractivity contribution in [2.24, 2.45) is 0 Å². The van der Waals surface area contributed by atoms with Crippen LogP contribution in [-0.4, -0.2) is 36.9 Å². The maximum atomic E-state index is 10.8. The van der Waals surface area contributed by atoms with E-state index in [0.29, 0.717) is 18.9 Å². The Kier molecular flexibility index (Phi) is 4.06. The van der Waals surface area contributed by atoms with Gasteiger partial charge in [0.1, 0.15) is 6.42 Å². The molecule has 6 heteroatoms. The molecule has 6 nitrogen and oxygen atoms in total. The number of esters is 1. The van der Waals surface area contributed by atoms with Gasteiger partial charge in [-0.25, -0.2) is 0 Å². The molecule has 0 aromatic carbocycles. The molecule has 0 N–H and O–H groups in total. The summed E-state index contributed by atoms with van der Waals surface area (Å²) < 4.78 is 14.1. The number of hydrogen-bond donors (Lipinski definition) is 0. The van der Waals surface area contributed by atoms with Crippen molar-refractivity contribution < 1.29 is 18.8 Å². The third kappa shape index (κ3) is 3.14. The molecule has 0 fully saturated rings. The van der Waals surface area contributed by atoms with Crippen molar-refractivity contribution in [1.29, 1.82) is 0 Å². The lowest BCUT2D eigenvalue weighted by Gasteiger charge is -1.92. The van der Waals surface area contributed by atoms with Crippen molar-refractivity contribution in [1.82, 2.24) is 10.1 Å². The molecule has 0 radical (unpaired) electrons. The van der Waals surface area contributed by atoms with Gasteiger partial charge in [-0.15, -0.1) is 0 Å². The van der Waals surface area contributed by atoms with Crippen LogP contribution in [0.5, 0.6) is 0 Å². The van der Waals surface area contributed by atoms with Crippen LogP contribution in [0.4, 0.5) is 0 Å². The molecule has 1 aromatic rings. The lowest BCUT2D eigenvalue weighted by molar-refractivity contribution is -0.140. The first-order valence-corrected chi connectivity index (χ1v) is 4.13. The van der Waals surface area contributed by atoms with Crippen LogP contribution < -0.4 is 0 Å². The summed E-state index contributed by atoms with van der Waals surface area (Å²) in [4.78, 5) is 14.8. The molecular formula is C8H12N2O4. The van der Waals surface area contributed by atoms with Crippen LogP contribution in [0.15, 0.2) is 4.52 Å². The highest BCUT2D eigenvalue weighted by molar-refractivity contribution is 5.70. The Morgan fingerprint density at radius 1 is 1.50 bits per heavy atom. The van der Waals surface area contributed by atoms with Gasteiger partial charge in [0, 0.05) is 13.5 Å². The number of carbonyl (C=O) groups excluding carboxylic acids is 1. The van der Waals surface area contributed by atoms with E-state index in [1.165, 1.54) is 7.11 Å². The third-order valence-corrected chi connectivity index (χ3v) is 1.56. The topological polar surface area (TPSA) is 74.5 Å². The number of rotatable bonds is 5. The van der Waals surface area contributed by atoms with E-state index in [-0.39, 0.29) is 12.3 Å². The number of methoxy groups -OCH3 is 2. The molecule has 0 atom stereocenters. The molecule has 1 heterocycles. The van der Waals surface area contributed by atoms with Gasteiger partial charge in [-0.1, -0.05) is 5.16 Å². The minimum absolute atomic E-state index is 0.0104. The minimum atomic E-state index is -0.396. The van der Waals surface area contributed by atoms with Crippen LogP contribution in [-0.2, 0) is 27.1 Å². The van der Waals surface area contributed by atoms with Gasteiger partial charge in [0.25, 0.3) is 0 Å². The van der Waals surface area contributed by atoms with Gasteiger partial charge >= 0.3 is 5.97 Å². The van der Waals surface area contributed by atoms with Crippen molar-refractivity contribution in [3.8, 4) is 0 Å². The van der Waals surface area contributed by atoms with Crippen molar-refractivity contribution in [2.75, 3.05) is 20.8 Å². The lowest BCUT2D eigenvalue weighted by Crippen LogP contribution is -2.05. The van der Waals surface area contributed by atoms with Crippen LogP contribution >= 0.6 is 0 Å². The Labute approximate surface area is 81.2 Å². The summed E-state index contributed by atoms with van der Waals surface area (Å²) >= 11 is 0. The Morgan fingerprint density at radius 2 is 2.29 bits per heavy atom. The molecule has 0 aliphatic rings. The van der Waals surface area contributed by atoms with Gasteiger partial charge in [-0.2, -0.15) is 4.98 Å². The molecule has 1 aromatic heterocycles. The van der Waals surface area contributed by atoms with Crippen LogP contribution in [0.1, 0.15) is 11.7 Å². The average molecular weight is 200 g/mol. The number of ether oxygens (including phenoxy) is 2. The zero-order valence-corrected chi connectivity index (χ0v) is 8.15. The summed E-state index contributed by atoms with van der Waals surface area (Å²) in [7, 11) is 2.90. The smallest absolute Gasteiger partial charge is 0.315 e. The first-order valence-electron chi connectivity index (χ1n) is 4.13. The summed E-state index contributed by atoms with van der Waals surface area (Å²) in [5.41, 5.74) is 0. The molecule has 14 heavy (non-hydrogen) atoms. The molecule has 1 rings (SSSR count). The maximum Gasteiger partial charge on any atom is 0.315 e. The summed E-state index contributed by atoms with van der Waals surface area (Å²) in [6, 6.07) is 0. The van der Waals surface area contributed by atoms with E-state index in [9.17, 15) is 4.79 Å². The SMILES string of the molecule is COCCc1noc(CC(=O)OC)n1. The highest BCUT2D eigenvalue weighted by Gasteiger charge is 2.10. The molecule has 0 amide bonds. The molecule has 0 aliphatic carbocycles. The quantitative estimate of drug-likeness (QED) is 0.621. The number of aromatic nitrogens is 2. The number of carbonyl (C=O) groups is 1. The maximum absolute atomic E-state index is 10.8. The van der Waals surface area contributed by atoms with E-state index in [1.807, 2.05) is 0 Å². The van der Waals surface area contributed by atoms with Gasteiger partial charge in [0.2, 0.25) is 5.89 Å². The van der Waals surface area contributed by atoms with Gasteiger partial charge in [0.05, 0.1) is 13.7 Å². The molecule has 0 spiro atoms. The fourth-order valence-electron chi connectivity index (χ4n) is 0.852. The van der Waals surface area contributed by atoms with E-state index in [2.05, 4.69) is 14.9 Å². The van der Waals surface area contributed by atoms with E-state index in [1.54, 1.807) is 7.11 Å². The highest BCUT2D eigenvalue weighted by Crippen LogP contribution is 2.00. The zero-order chi connectivity index (χ0) is 10.4. The molecular weight excluding hydrogens is 188 g/mol.